The number of hydrogen-bond acceptors (Lipinski definition) is 17. The van der Waals surface area contributed by atoms with Gasteiger partial charge in [-0.1, -0.05) is 33.7 Å². The van der Waals surface area contributed by atoms with Gasteiger partial charge >= 0.3 is 29.4 Å². The van der Waals surface area contributed by atoms with Crippen LogP contribution in [-0.4, -0.2) is 92.8 Å². The number of hydrogen-bond donors (Lipinski definition) is 8. The predicted octanol–water partition coefficient (Wildman–Crippen LogP) is 5.61. The van der Waals surface area contributed by atoms with Gasteiger partial charge in [-0.25, -0.2) is 18.5 Å². The molecule has 5 atom stereocenters. The monoisotopic (exact) mass is 966 g/mol. The number of benzene rings is 3. The molecule has 330 valence electrons. The molecule has 0 aromatic heterocycles. The minimum absolute atomic E-state index is 0.00758. The molecule has 0 spiro atoms. The van der Waals surface area contributed by atoms with Crippen molar-refractivity contribution in [1.29, 1.82) is 5.41 Å². The van der Waals surface area contributed by atoms with Crippen LogP contribution in [0, 0.1) is 12.3 Å². The van der Waals surface area contributed by atoms with E-state index in [-0.39, 0.29) is 74.6 Å². The molecule has 2 aromatic rings. The molecule has 2 aliphatic heterocycles. The highest BCUT2D eigenvalue weighted by Gasteiger charge is 2.42. The Morgan fingerprint density at radius 1 is 1.03 bits per heavy atom. The van der Waals surface area contributed by atoms with Crippen LogP contribution in [0.4, 0.5) is 5.69 Å². The maximum absolute atomic E-state index is 13.5. The van der Waals surface area contributed by atoms with Crippen LogP contribution in [0.15, 0.2) is 51.8 Å². The fraction of sp³-hybridized carbons (Fsp3) is 0.364. The number of aromatic carboxylic acids is 1. The summed E-state index contributed by atoms with van der Waals surface area (Å²) in [7, 11) is -13.2. The predicted molar refractivity (Wildman–Crippen MR) is 221 cm³/mol. The topological polar surface area (TPSA) is 350 Å². The first-order chi connectivity index (χ1) is 28.1. The van der Waals surface area contributed by atoms with Gasteiger partial charge in [-0.2, -0.15) is 17.0 Å². The first-order valence-electron chi connectivity index (χ1n) is 17.4. The Kier molecular flexibility index (Phi) is 15.0. The lowest BCUT2D eigenvalue weighted by Crippen LogP contribution is -2.29. The Balaban J connectivity index is 1.26. The Morgan fingerprint density at radius 2 is 1.70 bits per heavy atom. The first kappa shape index (κ1) is 49.1. The number of ketones is 1. The summed E-state index contributed by atoms with van der Waals surface area (Å²) in [5.41, 5.74) is 5.97. The second-order valence-electron chi connectivity index (χ2n) is 14.0. The minimum atomic E-state index is -5.72. The second-order valence-corrected chi connectivity index (χ2v) is 22.8. The van der Waals surface area contributed by atoms with E-state index in [0.29, 0.717) is 17.5 Å². The Bertz CT molecular complexity index is 2660. The van der Waals surface area contributed by atoms with E-state index in [1.807, 2.05) is 13.8 Å². The number of Topliss-reactive ketones (excluding diaryl/α,β-unsaturated/α-hetero) is 1. The molecule has 2 heterocycles. The van der Waals surface area contributed by atoms with Crippen molar-refractivity contribution >= 4 is 91.4 Å². The molecule has 9 N–H and O–H groups in total. The molecule has 1 fully saturated rings. The number of nitrogens with two attached hydrogens (primary N) is 1. The number of carboxylic acids is 1. The quantitative estimate of drug-likeness (QED) is 0.00651. The van der Waals surface area contributed by atoms with Gasteiger partial charge in [0.05, 0.1) is 29.3 Å². The number of nitrogens with one attached hydrogen (secondary N) is 1. The molecule has 2 radical (unpaired) electrons. The number of carbonyl (C=O) groups is 2. The molecule has 2 aromatic carbocycles. The lowest BCUT2D eigenvalue weighted by Gasteiger charge is -2.24. The normalized spacial score (nSPS) is 19.5. The zero-order chi connectivity index (χ0) is 45.5. The number of carboxylic acid groups (broad SMARTS) is 1. The summed E-state index contributed by atoms with van der Waals surface area (Å²) < 4.78 is 98.3. The van der Waals surface area contributed by atoms with Gasteiger partial charge in [0.25, 0.3) is 10.1 Å². The van der Waals surface area contributed by atoms with Crippen molar-refractivity contribution in [2.24, 2.45) is 0 Å². The van der Waals surface area contributed by atoms with Crippen molar-refractivity contribution in [3.8, 4) is 22.5 Å². The van der Waals surface area contributed by atoms with E-state index in [1.54, 1.807) is 6.92 Å². The maximum Gasteiger partial charge on any atom is 0.490 e. The third kappa shape index (κ3) is 12.4. The average Bonchev–Trinajstić information content (AvgIpc) is 3.48. The van der Waals surface area contributed by atoms with Crippen LogP contribution in [0.2, 0.25) is 0 Å². The third-order valence-electron chi connectivity index (χ3n) is 9.01. The second kappa shape index (κ2) is 18.7. The Morgan fingerprint density at radius 3 is 2.34 bits per heavy atom. The molecule has 5 rings (SSSR count). The van der Waals surface area contributed by atoms with E-state index < -0.39 is 74.0 Å². The zero-order valence-electron chi connectivity index (χ0n) is 32.0. The van der Waals surface area contributed by atoms with E-state index in [1.165, 1.54) is 64.1 Å². The summed E-state index contributed by atoms with van der Waals surface area (Å²) in [5.74, 6) is -1.71. The van der Waals surface area contributed by atoms with Crippen LogP contribution in [0.3, 0.4) is 0 Å². The van der Waals surface area contributed by atoms with Crippen molar-refractivity contribution in [3.63, 3.8) is 0 Å². The van der Waals surface area contributed by atoms with E-state index in [0.717, 1.165) is 0 Å². The number of fused-ring (bicyclic) bond motifs is 2. The van der Waals surface area contributed by atoms with Crippen LogP contribution < -0.4 is 11.1 Å². The summed E-state index contributed by atoms with van der Waals surface area (Å²) in [6.45, 7) is 4.53. The molecule has 28 heteroatoms. The van der Waals surface area contributed by atoms with Gasteiger partial charge < -0.3 is 49.7 Å². The van der Waals surface area contributed by atoms with Gasteiger partial charge in [0, 0.05) is 44.8 Å². The highest BCUT2D eigenvalue weighted by molar-refractivity contribution is 8.77. The number of carbonyl (C=O) groups excluding carboxylic acids is 1. The van der Waals surface area contributed by atoms with Crippen LogP contribution in [0.25, 0.3) is 33.4 Å². The van der Waals surface area contributed by atoms with E-state index in [2.05, 4.69) is 13.1 Å². The fourth-order valence-electron chi connectivity index (χ4n) is 6.25. The maximum atomic E-state index is 13.5. The molecule has 0 saturated carbocycles. The molecule has 3 unspecified atom stereocenters. The fourth-order valence-corrected chi connectivity index (χ4v) is 12.3. The van der Waals surface area contributed by atoms with Crippen molar-refractivity contribution in [2.75, 3.05) is 18.3 Å². The molecule has 1 saturated heterocycles. The third-order valence-corrected chi connectivity index (χ3v) is 16.7. The lowest BCUT2D eigenvalue weighted by molar-refractivity contribution is -0.0237. The molecule has 61 heavy (non-hydrogen) atoms. The van der Waals surface area contributed by atoms with E-state index in [4.69, 9.17) is 42.7 Å². The smallest absolute Gasteiger partial charge is 0.478 e. The Labute approximate surface area is 356 Å². The summed E-state index contributed by atoms with van der Waals surface area (Å²) in [4.78, 5) is 62.0. The molecule has 21 nitrogen and oxygen atoms in total. The number of ether oxygens (including phenoxy) is 2. The van der Waals surface area contributed by atoms with Gasteiger partial charge in [-0.05, 0) is 69.5 Å². The molecule has 1 aliphatic carbocycles. The number of anilines is 1. The van der Waals surface area contributed by atoms with Crippen molar-refractivity contribution in [3.05, 3.63) is 64.5 Å². The van der Waals surface area contributed by atoms with Gasteiger partial charge in [-0.15, -0.1) is 0 Å². The highest BCUT2D eigenvalue weighted by Crippen LogP contribution is 2.66. The summed E-state index contributed by atoms with van der Waals surface area (Å²) in [5, 5.41) is 18.8. The van der Waals surface area contributed by atoms with Crippen molar-refractivity contribution < 1.29 is 88.0 Å². The van der Waals surface area contributed by atoms with E-state index in [9.17, 15) is 51.1 Å². The first-order valence-corrected chi connectivity index (χ1v) is 25.7. The number of phosphoric acid groups is 3. The van der Waals surface area contributed by atoms with Gasteiger partial charge in [-0.3, -0.25) is 13.9 Å². The molecule has 0 amide bonds. The molecular weight excluding hydrogens is 928 g/mol. The summed E-state index contributed by atoms with van der Waals surface area (Å²) in [6, 6.07) is 8.82. The summed E-state index contributed by atoms with van der Waals surface area (Å²) >= 11 is 0. The standard InChI is InChI=1S/C33H38BN2O19P3S3/c1-16-22(35)8-6-19-28(20-7-9-23(36)31(61(47,48)49)30(20)53-29(16)19)18-5-4-17(12-21(18)32(38)39)24(37)10-11-33(2,3)60-59-15-50-25-13-27(34)52-26(25)14-51-57(43,44)55-58(45,46)54-56(40,41)42/h4-9,12,25-27,35H,10-11,13-15,36H2,1-3H3,(H,38,39)(H,43,44)(H,45,46)(H2,40,41,42)(H,47,48,49)/t25?,26-,27-/m1/s1. The average molecular weight is 967 g/mol. The molecule has 0 bridgehead atoms. The Hall–Kier alpha value is -2.93. The largest absolute Gasteiger partial charge is 0.490 e. The van der Waals surface area contributed by atoms with E-state index >= 15 is 0 Å². The van der Waals surface area contributed by atoms with Crippen molar-refractivity contribution in [2.45, 2.75) is 67.9 Å². The van der Waals surface area contributed by atoms with Crippen LogP contribution in [0.1, 0.15) is 59.4 Å². The SMILES string of the molecule is [B][C@H]1CC(OCSSC(C)(C)CCC(=O)c2ccc(-c3c4ccc(=N)c(C)c-4oc4c(S(=O)(=O)O)c(N)ccc34)c(C(=O)O)c2)[C@@H](COP(=O)(O)OP(=O)(O)OP(=O)(O)O)O1. The number of phosphoric ester groups is 1. The van der Waals surface area contributed by atoms with Gasteiger partial charge in [0.1, 0.15) is 25.6 Å². The number of rotatable bonds is 19. The van der Waals surface area contributed by atoms with Crippen molar-refractivity contribution in [1.82, 2.24) is 0 Å². The zero-order valence-corrected chi connectivity index (χ0v) is 37.2. The highest BCUT2D eigenvalue weighted by atomic mass is 33.1. The van der Waals surface area contributed by atoms with Gasteiger partial charge in [0.15, 0.2) is 16.3 Å². The van der Waals surface area contributed by atoms with Crippen LogP contribution in [-0.2, 0) is 46.4 Å². The molecular formula is C33H38BN2O19P3S3. The molecule has 3 aliphatic rings. The minimum Gasteiger partial charge on any atom is -0.478 e. The van der Waals surface area contributed by atoms with Crippen LogP contribution >= 0.6 is 45.1 Å². The van der Waals surface area contributed by atoms with Gasteiger partial charge in [0.2, 0.25) is 0 Å². The lowest BCUT2D eigenvalue weighted by atomic mass is 9.88. The summed E-state index contributed by atoms with van der Waals surface area (Å²) in [6.07, 6.45) is -1.44. The number of nitrogen functional groups attached to an aromatic ring is 1. The van der Waals surface area contributed by atoms with Crippen LogP contribution in [0.5, 0.6) is 0 Å².